The van der Waals surface area contributed by atoms with E-state index in [4.69, 9.17) is 0 Å². The van der Waals surface area contributed by atoms with Gasteiger partial charge >= 0.3 is 0 Å². The van der Waals surface area contributed by atoms with E-state index in [0.717, 1.165) is 39.1 Å². The van der Waals surface area contributed by atoms with Gasteiger partial charge in [-0.25, -0.2) is 0 Å². The van der Waals surface area contributed by atoms with Gasteiger partial charge in [0.05, 0.1) is 0 Å². The molecular formula is C15H26N2O. The number of rotatable bonds is 3. The average molecular weight is 250 g/mol. The zero-order valence-corrected chi connectivity index (χ0v) is 12.2. The molecule has 1 amide bonds. The van der Waals surface area contributed by atoms with Crippen molar-refractivity contribution in [2.75, 3.05) is 32.7 Å². The Kier molecular flexibility index (Phi) is 6.21. The first-order chi connectivity index (χ1) is 8.50. The zero-order valence-electron chi connectivity index (χ0n) is 12.2. The summed E-state index contributed by atoms with van der Waals surface area (Å²) >= 11 is 0. The van der Waals surface area contributed by atoms with Crippen LogP contribution in [-0.4, -0.2) is 48.4 Å². The lowest BCUT2D eigenvalue weighted by Crippen LogP contribution is -2.49. The van der Waals surface area contributed by atoms with Gasteiger partial charge < -0.3 is 4.90 Å². The van der Waals surface area contributed by atoms with Crippen LogP contribution in [0.25, 0.3) is 0 Å². The van der Waals surface area contributed by atoms with Gasteiger partial charge in [-0.05, 0) is 0 Å². The molecular weight excluding hydrogens is 224 g/mol. The maximum Gasteiger partial charge on any atom is 0.225 e. The second-order valence-corrected chi connectivity index (χ2v) is 5.55. The number of piperazine rings is 1. The van der Waals surface area contributed by atoms with E-state index >= 15 is 0 Å². The Morgan fingerprint density at radius 3 is 2.22 bits per heavy atom. The number of nitrogens with zero attached hydrogens (tertiary/aromatic N) is 2. The molecule has 3 nitrogen and oxygen atoms in total. The number of carbonyl (C=O) groups excluding carboxylic acids is 1. The number of hydrogen-bond acceptors (Lipinski definition) is 2. The smallest absolute Gasteiger partial charge is 0.225 e. The lowest BCUT2D eigenvalue weighted by molar-refractivity contribution is -0.136. The summed E-state index contributed by atoms with van der Waals surface area (Å²) < 4.78 is 0. The Balaban J connectivity index is 2.24. The first-order valence-corrected chi connectivity index (χ1v) is 7.00. The van der Waals surface area contributed by atoms with E-state index in [0.29, 0.717) is 5.92 Å². The van der Waals surface area contributed by atoms with Gasteiger partial charge in [0.2, 0.25) is 5.91 Å². The molecule has 0 saturated carbocycles. The van der Waals surface area contributed by atoms with Gasteiger partial charge in [-0.15, -0.1) is 11.8 Å². The van der Waals surface area contributed by atoms with Crippen LogP contribution in [0.1, 0.15) is 34.1 Å². The third-order valence-electron chi connectivity index (χ3n) is 3.12. The Labute approximate surface area is 112 Å². The molecule has 1 aliphatic rings. The van der Waals surface area contributed by atoms with E-state index in [2.05, 4.69) is 30.6 Å². The second kappa shape index (κ2) is 7.43. The maximum atomic E-state index is 11.8. The Morgan fingerprint density at radius 1 is 1.11 bits per heavy atom. The van der Waals surface area contributed by atoms with E-state index in [1.807, 2.05) is 18.7 Å². The summed E-state index contributed by atoms with van der Waals surface area (Å²) in [5.74, 6) is 7.27. The molecule has 0 unspecified atom stereocenters. The van der Waals surface area contributed by atoms with E-state index in [1.54, 1.807) is 0 Å². The van der Waals surface area contributed by atoms with Crippen LogP contribution in [0.15, 0.2) is 0 Å². The second-order valence-electron chi connectivity index (χ2n) is 5.55. The Hall–Kier alpha value is -1.01. The largest absolute Gasteiger partial charge is 0.340 e. The van der Waals surface area contributed by atoms with Crippen molar-refractivity contribution in [3.63, 3.8) is 0 Å². The summed E-state index contributed by atoms with van der Waals surface area (Å²) in [5, 5.41) is 0. The highest BCUT2D eigenvalue weighted by molar-refractivity contribution is 5.78. The molecule has 0 bridgehead atoms. The first-order valence-electron chi connectivity index (χ1n) is 7.00. The third-order valence-corrected chi connectivity index (χ3v) is 3.12. The van der Waals surface area contributed by atoms with Crippen molar-refractivity contribution in [3.05, 3.63) is 0 Å². The highest BCUT2D eigenvalue weighted by Gasteiger charge is 2.22. The number of amides is 1. The van der Waals surface area contributed by atoms with Crippen LogP contribution < -0.4 is 0 Å². The SMILES string of the molecule is CC(C)C#CCCN1CCN(C(=O)C(C)C)CC1. The van der Waals surface area contributed by atoms with Crippen LogP contribution in [0.3, 0.4) is 0 Å². The molecule has 0 aromatic heterocycles. The van der Waals surface area contributed by atoms with Crippen molar-refractivity contribution < 1.29 is 4.79 Å². The lowest BCUT2D eigenvalue weighted by atomic mass is 10.1. The summed E-state index contributed by atoms with van der Waals surface area (Å²) in [4.78, 5) is 16.2. The highest BCUT2D eigenvalue weighted by Crippen LogP contribution is 2.07. The molecule has 1 heterocycles. The van der Waals surface area contributed by atoms with Crippen LogP contribution in [0.5, 0.6) is 0 Å². The summed E-state index contributed by atoms with van der Waals surface area (Å²) in [6.07, 6.45) is 0.941. The van der Waals surface area contributed by atoms with Gasteiger partial charge in [0.15, 0.2) is 0 Å². The minimum absolute atomic E-state index is 0.119. The van der Waals surface area contributed by atoms with Crippen molar-refractivity contribution in [3.8, 4) is 11.8 Å². The topological polar surface area (TPSA) is 23.6 Å². The summed E-state index contributed by atoms with van der Waals surface area (Å²) in [6, 6.07) is 0. The third kappa shape index (κ3) is 5.10. The van der Waals surface area contributed by atoms with Crippen LogP contribution >= 0.6 is 0 Å². The van der Waals surface area contributed by atoms with Crippen molar-refractivity contribution in [2.45, 2.75) is 34.1 Å². The molecule has 0 aliphatic carbocycles. The average Bonchev–Trinajstić information content (AvgIpc) is 2.34. The van der Waals surface area contributed by atoms with Gasteiger partial charge in [-0.1, -0.05) is 27.7 Å². The predicted octanol–water partition coefficient (Wildman–Crippen LogP) is 1.84. The molecule has 3 heteroatoms. The summed E-state index contributed by atoms with van der Waals surface area (Å²) in [7, 11) is 0. The van der Waals surface area contributed by atoms with Crippen molar-refractivity contribution in [2.24, 2.45) is 11.8 Å². The fourth-order valence-corrected chi connectivity index (χ4v) is 2.05. The van der Waals surface area contributed by atoms with E-state index in [9.17, 15) is 4.79 Å². The minimum Gasteiger partial charge on any atom is -0.340 e. The monoisotopic (exact) mass is 250 g/mol. The molecule has 1 aliphatic heterocycles. The molecule has 18 heavy (non-hydrogen) atoms. The molecule has 1 fully saturated rings. The molecule has 0 spiro atoms. The maximum absolute atomic E-state index is 11.8. The van der Waals surface area contributed by atoms with Crippen LogP contribution in [0, 0.1) is 23.7 Å². The highest BCUT2D eigenvalue weighted by atomic mass is 16.2. The minimum atomic E-state index is 0.119. The molecule has 0 N–H and O–H groups in total. The predicted molar refractivity (Wildman–Crippen MR) is 75.1 cm³/mol. The lowest BCUT2D eigenvalue weighted by Gasteiger charge is -2.35. The summed E-state index contributed by atoms with van der Waals surface area (Å²) in [5.41, 5.74) is 0. The standard InChI is InChI=1S/C15H26N2O/c1-13(2)7-5-6-8-16-9-11-17(12-10-16)15(18)14(3)4/h13-14H,6,8-12H2,1-4H3. The number of hydrogen-bond donors (Lipinski definition) is 0. The van der Waals surface area contributed by atoms with Crippen LogP contribution in [0.4, 0.5) is 0 Å². The summed E-state index contributed by atoms with van der Waals surface area (Å²) in [6.45, 7) is 12.9. The molecule has 0 aromatic carbocycles. The number of carbonyl (C=O) groups is 1. The molecule has 0 radical (unpaired) electrons. The van der Waals surface area contributed by atoms with Gasteiger partial charge in [-0.2, -0.15) is 0 Å². The van der Waals surface area contributed by atoms with Crippen molar-refractivity contribution >= 4 is 5.91 Å². The van der Waals surface area contributed by atoms with Crippen LogP contribution in [0.2, 0.25) is 0 Å². The quantitative estimate of drug-likeness (QED) is 0.714. The van der Waals surface area contributed by atoms with Crippen molar-refractivity contribution in [1.29, 1.82) is 0 Å². The Bertz CT molecular complexity index is 317. The molecule has 102 valence electrons. The van der Waals surface area contributed by atoms with E-state index in [-0.39, 0.29) is 11.8 Å². The normalized spacial score (nSPS) is 16.9. The molecule has 0 atom stereocenters. The fraction of sp³-hybridized carbons (Fsp3) is 0.800. The molecule has 0 aromatic rings. The van der Waals surface area contributed by atoms with Crippen LogP contribution in [-0.2, 0) is 4.79 Å². The molecule has 1 rings (SSSR count). The van der Waals surface area contributed by atoms with Gasteiger partial charge in [-0.3, -0.25) is 9.69 Å². The first kappa shape index (κ1) is 15.0. The van der Waals surface area contributed by atoms with E-state index in [1.165, 1.54) is 0 Å². The Morgan fingerprint density at radius 2 is 1.72 bits per heavy atom. The van der Waals surface area contributed by atoms with Gasteiger partial charge in [0.25, 0.3) is 0 Å². The van der Waals surface area contributed by atoms with E-state index < -0.39 is 0 Å². The zero-order chi connectivity index (χ0) is 13.5. The molecule has 1 saturated heterocycles. The van der Waals surface area contributed by atoms with Gasteiger partial charge in [0, 0.05) is 51.0 Å². The van der Waals surface area contributed by atoms with Crippen molar-refractivity contribution in [1.82, 2.24) is 9.80 Å². The van der Waals surface area contributed by atoms with Gasteiger partial charge in [0.1, 0.15) is 0 Å². The fourth-order valence-electron chi connectivity index (χ4n) is 2.05.